The molecule has 1 N–H and O–H groups in total. The van der Waals surface area contributed by atoms with Gasteiger partial charge in [-0.15, -0.1) is 0 Å². The molecule has 0 amide bonds. The first-order valence-electron chi connectivity index (χ1n) is 7.59. The van der Waals surface area contributed by atoms with Crippen LogP contribution in [0.3, 0.4) is 0 Å². The second kappa shape index (κ2) is 6.63. The van der Waals surface area contributed by atoms with Gasteiger partial charge < -0.3 is 5.32 Å². The lowest BCUT2D eigenvalue weighted by atomic mass is 9.97. The van der Waals surface area contributed by atoms with Gasteiger partial charge in [0.2, 0.25) is 0 Å². The molecule has 2 atom stereocenters. The molecule has 1 saturated heterocycles. The van der Waals surface area contributed by atoms with Gasteiger partial charge in [0.25, 0.3) is 0 Å². The van der Waals surface area contributed by atoms with E-state index in [0.29, 0.717) is 23.6 Å². The van der Waals surface area contributed by atoms with Gasteiger partial charge in [-0.1, -0.05) is 23.7 Å². The molecule has 0 aliphatic carbocycles. The fraction of sp³-hybridized carbons (Fsp3) is 0.294. The highest BCUT2D eigenvalue weighted by molar-refractivity contribution is 7.92. The van der Waals surface area contributed by atoms with E-state index in [4.69, 9.17) is 11.6 Å². The average molecular weight is 390 g/mol. The van der Waals surface area contributed by atoms with E-state index in [1.54, 1.807) is 0 Å². The summed E-state index contributed by atoms with van der Waals surface area (Å²) in [4.78, 5) is 0.133. The van der Waals surface area contributed by atoms with Gasteiger partial charge in [0.1, 0.15) is 5.37 Å². The van der Waals surface area contributed by atoms with Crippen LogP contribution < -0.4 is 5.32 Å². The molecule has 2 aromatic rings. The van der Waals surface area contributed by atoms with Crippen LogP contribution in [0.15, 0.2) is 53.4 Å². The molecule has 1 fully saturated rings. The third-order valence-corrected chi connectivity index (χ3v) is 6.65. The lowest BCUT2D eigenvalue weighted by Crippen LogP contribution is -2.34. The molecule has 1 aliphatic heterocycles. The van der Waals surface area contributed by atoms with Crippen molar-refractivity contribution in [2.24, 2.45) is 0 Å². The molecule has 3 nitrogen and oxygen atoms in total. The summed E-state index contributed by atoms with van der Waals surface area (Å²) < 4.78 is 63.8. The molecule has 0 radical (unpaired) electrons. The average Bonchev–Trinajstić information content (AvgIpc) is 3.05. The van der Waals surface area contributed by atoms with Crippen molar-refractivity contribution in [1.29, 1.82) is 0 Å². The smallest absolute Gasteiger partial charge is 0.300 e. The van der Waals surface area contributed by atoms with Crippen molar-refractivity contribution in [1.82, 2.24) is 5.32 Å². The summed E-state index contributed by atoms with van der Waals surface area (Å²) >= 11 is 5.80. The number of sulfone groups is 1. The molecule has 0 saturated carbocycles. The summed E-state index contributed by atoms with van der Waals surface area (Å²) in [7, 11) is -3.68. The maximum Gasteiger partial charge on any atom is 0.416 e. The number of hydrogen-bond donors (Lipinski definition) is 1. The van der Waals surface area contributed by atoms with Gasteiger partial charge in [-0.05, 0) is 54.9 Å². The molecule has 134 valence electrons. The highest BCUT2D eigenvalue weighted by atomic mass is 35.5. The monoisotopic (exact) mass is 389 g/mol. The molecule has 0 spiro atoms. The van der Waals surface area contributed by atoms with E-state index in [2.05, 4.69) is 5.32 Å². The Hall–Kier alpha value is -1.57. The first-order valence-corrected chi connectivity index (χ1v) is 9.52. The van der Waals surface area contributed by atoms with E-state index in [-0.39, 0.29) is 4.90 Å². The lowest BCUT2D eigenvalue weighted by Gasteiger charge is -2.21. The first-order chi connectivity index (χ1) is 11.7. The minimum Gasteiger partial charge on any atom is -0.300 e. The Bertz CT molecular complexity index is 849. The summed E-state index contributed by atoms with van der Waals surface area (Å²) in [5.74, 6) is -0.414. The normalized spacial score (nSPS) is 21.4. The molecule has 25 heavy (non-hydrogen) atoms. The number of rotatable bonds is 3. The maximum atomic E-state index is 12.9. The molecular formula is C17H15ClF3NO2S. The fourth-order valence-electron chi connectivity index (χ4n) is 3.03. The molecule has 3 rings (SSSR count). The zero-order chi connectivity index (χ0) is 18.2. The molecule has 8 heteroatoms. The number of hydrogen-bond acceptors (Lipinski definition) is 3. The van der Waals surface area contributed by atoms with E-state index in [9.17, 15) is 21.6 Å². The number of nitrogens with one attached hydrogen (secondary N) is 1. The van der Waals surface area contributed by atoms with Gasteiger partial charge in [-0.2, -0.15) is 13.2 Å². The molecule has 2 aromatic carbocycles. The van der Waals surface area contributed by atoms with Gasteiger partial charge in [0.15, 0.2) is 9.84 Å². The minimum absolute atomic E-state index is 0.133. The van der Waals surface area contributed by atoms with Crippen molar-refractivity contribution in [2.75, 3.05) is 6.54 Å². The second-order valence-corrected chi connectivity index (χ2v) is 8.39. The Balaban J connectivity index is 1.91. The molecule has 1 aliphatic rings. The predicted octanol–water partition coefficient (Wildman–Crippen LogP) is 4.24. The quantitative estimate of drug-likeness (QED) is 0.854. The van der Waals surface area contributed by atoms with Crippen LogP contribution in [0.4, 0.5) is 13.2 Å². The van der Waals surface area contributed by atoms with Crippen molar-refractivity contribution in [3.63, 3.8) is 0 Å². The summed E-state index contributed by atoms with van der Waals surface area (Å²) in [5, 5.41) is 2.50. The molecule has 2 unspecified atom stereocenters. The van der Waals surface area contributed by atoms with Crippen LogP contribution in [0.5, 0.6) is 0 Å². The van der Waals surface area contributed by atoms with Crippen LogP contribution in [0.2, 0.25) is 5.02 Å². The van der Waals surface area contributed by atoms with Crippen LogP contribution in [0, 0.1) is 0 Å². The van der Waals surface area contributed by atoms with E-state index in [0.717, 1.165) is 12.1 Å². The van der Waals surface area contributed by atoms with E-state index < -0.39 is 32.9 Å². The molecule has 1 heterocycles. The van der Waals surface area contributed by atoms with Crippen LogP contribution >= 0.6 is 11.6 Å². The highest BCUT2D eigenvalue weighted by Gasteiger charge is 2.39. The SMILES string of the molecule is O=S(=O)(c1ccc(Cl)cc1)C1NCCC1c1ccc(C(F)(F)F)cc1. The van der Waals surface area contributed by atoms with Crippen molar-refractivity contribution in [3.05, 3.63) is 64.7 Å². The minimum atomic E-state index is -4.42. The predicted molar refractivity (Wildman–Crippen MR) is 89.2 cm³/mol. The lowest BCUT2D eigenvalue weighted by molar-refractivity contribution is -0.137. The van der Waals surface area contributed by atoms with Crippen LogP contribution in [-0.2, 0) is 16.0 Å². The first kappa shape index (κ1) is 18.2. The third kappa shape index (κ3) is 3.68. The van der Waals surface area contributed by atoms with Gasteiger partial charge >= 0.3 is 6.18 Å². The van der Waals surface area contributed by atoms with Crippen LogP contribution in [0.25, 0.3) is 0 Å². The van der Waals surface area contributed by atoms with Crippen molar-refractivity contribution in [2.45, 2.75) is 28.8 Å². The van der Waals surface area contributed by atoms with Gasteiger partial charge in [0.05, 0.1) is 10.5 Å². The fourth-order valence-corrected chi connectivity index (χ4v) is 5.03. The third-order valence-electron chi connectivity index (χ3n) is 4.31. The summed E-state index contributed by atoms with van der Waals surface area (Å²) in [6.45, 7) is 0.475. The zero-order valence-corrected chi connectivity index (χ0v) is 14.5. The maximum absolute atomic E-state index is 12.9. The molecular weight excluding hydrogens is 375 g/mol. The Morgan fingerprint density at radius 1 is 1.00 bits per heavy atom. The van der Waals surface area contributed by atoms with Crippen LogP contribution in [-0.4, -0.2) is 20.3 Å². The van der Waals surface area contributed by atoms with Crippen molar-refractivity contribution in [3.8, 4) is 0 Å². The second-order valence-electron chi connectivity index (χ2n) is 5.89. The van der Waals surface area contributed by atoms with E-state index in [1.807, 2.05) is 0 Å². The zero-order valence-electron chi connectivity index (χ0n) is 12.9. The number of halogens is 4. The summed E-state index contributed by atoms with van der Waals surface area (Å²) in [5.41, 5.74) is -0.181. The van der Waals surface area contributed by atoms with Crippen molar-refractivity contribution >= 4 is 21.4 Å². The van der Waals surface area contributed by atoms with E-state index in [1.165, 1.54) is 36.4 Å². The standard InChI is InChI=1S/C17H15ClF3NO2S/c18-13-5-7-14(8-6-13)25(23,24)16-15(9-10-22-16)11-1-3-12(4-2-11)17(19,20)21/h1-8,15-16,22H,9-10H2. The Morgan fingerprint density at radius 2 is 1.60 bits per heavy atom. The summed E-state index contributed by atoms with van der Waals surface area (Å²) in [6, 6.07) is 10.5. The molecule has 0 aromatic heterocycles. The Morgan fingerprint density at radius 3 is 2.16 bits per heavy atom. The van der Waals surface area contributed by atoms with Gasteiger partial charge in [0, 0.05) is 10.9 Å². The topological polar surface area (TPSA) is 46.2 Å². The summed E-state index contributed by atoms with van der Waals surface area (Å²) in [6.07, 6.45) is -3.88. The number of alkyl halides is 3. The van der Waals surface area contributed by atoms with Gasteiger partial charge in [-0.3, -0.25) is 0 Å². The van der Waals surface area contributed by atoms with Crippen LogP contribution in [0.1, 0.15) is 23.5 Å². The van der Waals surface area contributed by atoms with Gasteiger partial charge in [-0.25, -0.2) is 8.42 Å². The largest absolute Gasteiger partial charge is 0.416 e. The molecule has 0 bridgehead atoms. The van der Waals surface area contributed by atoms with E-state index >= 15 is 0 Å². The number of benzene rings is 2. The van der Waals surface area contributed by atoms with Crippen molar-refractivity contribution < 1.29 is 21.6 Å². The highest BCUT2D eigenvalue weighted by Crippen LogP contribution is 2.36. The Labute approximate surface area is 148 Å². The Kier molecular flexibility index (Phi) is 4.83.